The fourth-order valence-electron chi connectivity index (χ4n) is 2.06. The van der Waals surface area contributed by atoms with Gasteiger partial charge >= 0.3 is 12.1 Å². The molecule has 2 aromatic rings. The normalized spacial score (nSPS) is 11.7. The van der Waals surface area contributed by atoms with Gasteiger partial charge < -0.3 is 5.11 Å². The standard InChI is InChI=1S/C14H13F3N2O2/c1-7-8(2)18-19(9(7)3)10-4-5-12(14(15,16)17)11(6-10)13(20)21/h4-6H,1-3H3,(H,20,21). The zero-order chi connectivity index (χ0) is 15.9. The van der Waals surface area contributed by atoms with Crippen LogP contribution < -0.4 is 0 Å². The van der Waals surface area contributed by atoms with E-state index in [4.69, 9.17) is 5.11 Å². The van der Waals surface area contributed by atoms with Crippen LogP contribution >= 0.6 is 0 Å². The number of benzene rings is 1. The third kappa shape index (κ3) is 2.63. The van der Waals surface area contributed by atoms with Crippen LogP contribution in [0.5, 0.6) is 0 Å². The van der Waals surface area contributed by atoms with Crippen molar-refractivity contribution < 1.29 is 23.1 Å². The summed E-state index contributed by atoms with van der Waals surface area (Å²) in [5.41, 5.74) is 0.732. The zero-order valence-corrected chi connectivity index (χ0v) is 11.6. The summed E-state index contributed by atoms with van der Waals surface area (Å²) in [5.74, 6) is -1.62. The number of halogens is 3. The fraction of sp³-hybridized carbons (Fsp3) is 0.286. The monoisotopic (exact) mass is 298 g/mol. The molecular weight excluding hydrogens is 285 g/mol. The van der Waals surface area contributed by atoms with Crippen LogP contribution in [0.4, 0.5) is 13.2 Å². The Morgan fingerprint density at radius 2 is 1.86 bits per heavy atom. The number of aromatic carboxylic acids is 1. The Morgan fingerprint density at radius 1 is 1.24 bits per heavy atom. The van der Waals surface area contributed by atoms with Crippen LogP contribution in [0.15, 0.2) is 18.2 Å². The summed E-state index contributed by atoms with van der Waals surface area (Å²) in [6.07, 6.45) is -4.71. The first-order chi connectivity index (χ1) is 9.62. The molecule has 0 spiro atoms. The lowest BCUT2D eigenvalue weighted by Gasteiger charge is -2.12. The summed E-state index contributed by atoms with van der Waals surface area (Å²) < 4.78 is 39.9. The molecule has 2 rings (SSSR count). The summed E-state index contributed by atoms with van der Waals surface area (Å²) >= 11 is 0. The molecule has 0 amide bonds. The molecule has 0 saturated carbocycles. The van der Waals surface area contributed by atoms with Crippen LogP contribution in [0.2, 0.25) is 0 Å². The summed E-state index contributed by atoms with van der Waals surface area (Å²) in [6.45, 7) is 5.39. The molecule has 1 aromatic heterocycles. The molecule has 0 aliphatic rings. The first-order valence-corrected chi connectivity index (χ1v) is 6.10. The van der Waals surface area contributed by atoms with Crippen molar-refractivity contribution in [3.8, 4) is 5.69 Å². The molecule has 0 aliphatic heterocycles. The van der Waals surface area contributed by atoms with Crippen molar-refractivity contribution in [3.05, 3.63) is 46.3 Å². The highest BCUT2D eigenvalue weighted by Crippen LogP contribution is 2.33. The van der Waals surface area contributed by atoms with Gasteiger partial charge in [0.05, 0.1) is 22.5 Å². The molecule has 0 fully saturated rings. The third-order valence-electron chi connectivity index (χ3n) is 3.44. The Bertz CT molecular complexity index is 718. The lowest BCUT2D eigenvalue weighted by atomic mass is 10.1. The minimum absolute atomic E-state index is 0.286. The number of aromatic nitrogens is 2. The highest BCUT2D eigenvalue weighted by Gasteiger charge is 2.35. The van der Waals surface area contributed by atoms with E-state index in [2.05, 4.69) is 5.10 Å². The van der Waals surface area contributed by atoms with Gasteiger partial charge in [0, 0.05) is 5.69 Å². The molecule has 1 aromatic carbocycles. The SMILES string of the molecule is Cc1nn(-c2ccc(C(F)(F)F)c(C(=O)O)c2)c(C)c1C. The van der Waals surface area contributed by atoms with Gasteiger partial charge in [-0.2, -0.15) is 18.3 Å². The molecule has 0 atom stereocenters. The van der Waals surface area contributed by atoms with E-state index < -0.39 is 23.3 Å². The Hall–Kier alpha value is -2.31. The third-order valence-corrected chi connectivity index (χ3v) is 3.44. The Labute approximate surface area is 118 Å². The van der Waals surface area contributed by atoms with Crippen LogP contribution in [-0.4, -0.2) is 20.9 Å². The smallest absolute Gasteiger partial charge is 0.417 e. The lowest BCUT2D eigenvalue weighted by molar-refractivity contribution is -0.138. The second-order valence-corrected chi connectivity index (χ2v) is 4.74. The van der Waals surface area contributed by atoms with Gasteiger partial charge in [-0.15, -0.1) is 0 Å². The van der Waals surface area contributed by atoms with Gasteiger partial charge in [-0.05, 0) is 44.5 Å². The van der Waals surface area contributed by atoms with Gasteiger partial charge in [-0.25, -0.2) is 9.48 Å². The van der Waals surface area contributed by atoms with Gasteiger partial charge in [0.25, 0.3) is 0 Å². The Morgan fingerprint density at radius 3 is 2.29 bits per heavy atom. The number of hydrogen-bond donors (Lipinski definition) is 1. The summed E-state index contributed by atoms with van der Waals surface area (Å²) in [4.78, 5) is 11.1. The molecule has 0 aliphatic carbocycles. The van der Waals surface area contributed by atoms with Crippen molar-refractivity contribution in [3.63, 3.8) is 0 Å². The Kier molecular flexibility index (Phi) is 3.52. The van der Waals surface area contributed by atoms with Crippen molar-refractivity contribution in [2.24, 2.45) is 0 Å². The van der Waals surface area contributed by atoms with Gasteiger partial charge in [0.1, 0.15) is 0 Å². The van der Waals surface area contributed by atoms with Crippen molar-refractivity contribution in [1.82, 2.24) is 9.78 Å². The van der Waals surface area contributed by atoms with E-state index in [1.54, 1.807) is 13.8 Å². The minimum Gasteiger partial charge on any atom is -0.478 e. The van der Waals surface area contributed by atoms with Crippen molar-refractivity contribution in [2.45, 2.75) is 26.9 Å². The van der Waals surface area contributed by atoms with Crippen molar-refractivity contribution in [1.29, 1.82) is 0 Å². The molecule has 0 radical (unpaired) electrons. The molecule has 21 heavy (non-hydrogen) atoms. The molecule has 0 saturated heterocycles. The molecule has 0 bridgehead atoms. The van der Waals surface area contributed by atoms with Gasteiger partial charge in [-0.1, -0.05) is 0 Å². The van der Waals surface area contributed by atoms with E-state index in [-0.39, 0.29) is 5.69 Å². The highest BCUT2D eigenvalue weighted by atomic mass is 19.4. The van der Waals surface area contributed by atoms with E-state index in [9.17, 15) is 18.0 Å². The number of carboxylic acids is 1. The maximum Gasteiger partial charge on any atom is 0.417 e. The molecule has 1 N–H and O–H groups in total. The minimum atomic E-state index is -4.71. The number of carboxylic acid groups (broad SMARTS) is 1. The number of alkyl halides is 3. The summed E-state index contributed by atoms with van der Waals surface area (Å²) in [5, 5.41) is 13.2. The predicted octanol–water partition coefficient (Wildman–Crippen LogP) is 3.51. The highest BCUT2D eigenvalue weighted by molar-refractivity contribution is 5.90. The largest absolute Gasteiger partial charge is 0.478 e. The maximum atomic E-state index is 12.8. The van der Waals surface area contributed by atoms with Crippen LogP contribution in [-0.2, 0) is 6.18 Å². The van der Waals surface area contributed by atoms with Crippen LogP contribution in [0.1, 0.15) is 32.9 Å². The molecule has 4 nitrogen and oxygen atoms in total. The van der Waals surface area contributed by atoms with Crippen molar-refractivity contribution in [2.75, 3.05) is 0 Å². The topological polar surface area (TPSA) is 55.1 Å². The average molecular weight is 298 g/mol. The number of carbonyl (C=O) groups is 1. The van der Waals surface area contributed by atoms with Crippen LogP contribution in [0.3, 0.4) is 0 Å². The van der Waals surface area contributed by atoms with Crippen molar-refractivity contribution >= 4 is 5.97 Å². The molecule has 0 unspecified atom stereocenters. The maximum absolute atomic E-state index is 12.8. The van der Waals surface area contributed by atoms with E-state index >= 15 is 0 Å². The number of nitrogens with zero attached hydrogens (tertiary/aromatic N) is 2. The van der Waals surface area contributed by atoms with Gasteiger partial charge in [-0.3, -0.25) is 0 Å². The summed E-state index contributed by atoms with van der Waals surface area (Å²) in [7, 11) is 0. The zero-order valence-electron chi connectivity index (χ0n) is 11.6. The lowest BCUT2D eigenvalue weighted by Crippen LogP contribution is -2.14. The van der Waals surface area contributed by atoms with E-state index in [1.165, 1.54) is 10.7 Å². The van der Waals surface area contributed by atoms with Crippen LogP contribution in [0, 0.1) is 20.8 Å². The van der Waals surface area contributed by atoms with Crippen LogP contribution in [0.25, 0.3) is 5.69 Å². The van der Waals surface area contributed by atoms with E-state index in [0.29, 0.717) is 0 Å². The summed E-state index contributed by atoms with van der Waals surface area (Å²) in [6, 6.07) is 2.97. The fourth-order valence-corrected chi connectivity index (χ4v) is 2.06. The first kappa shape index (κ1) is 15.1. The second-order valence-electron chi connectivity index (χ2n) is 4.74. The second kappa shape index (κ2) is 4.91. The molecule has 7 heteroatoms. The quantitative estimate of drug-likeness (QED) is 0.923. The molecule has 112 valence electrons. The van der Waals surface area contributed by atoms with E-state index in [0.717, 1.165) is 29.1 Å². The predicted molar refractivity (Wildman–Crippen MR) is 69.7 cm³/mol. The first-order valence-electron chi connectivity index (χ1n) is 6.10. The van der Waals surface area contributed by atoms with E-state index in [1.807, 2.05) is 6.92 Å². The number of rotatable bonds is 2. The Balaban J connectivity index is 2.65. The number of hydrogen-bond acceptors (Lipinski definition) is 2. The number of aryl methyl sites for hydroxylation is 1. The molecule has 1 heterocycles. The average Bonchev–Trinajstić information content (AvgIpc) is 2.64. The van der Waals surface area contributed by atoms with Gasteiger partial charge in [0.2, 0.25) is 0 Å². The molecular formula is C14H13F3N2O2. The van der Waals surface area contributed by atoms with Gasteiger partial charge in [0.15, 0.2) is 0 Å².